The number of halogens is 4. The Balaban J connectivity index is 1.50. The fourth-order valence-electron chi connectivity index (χ4n) is 4.57. The molecule has 0 saturated carbocycles. The summed E-state index contributed by atoms with van der Waals surface area (Å²) in [4.78, 5) is 15.5. The number of carbonyl (C=O) groups excluding carboxylic acids is 1. The van der Waals surface area contributed by atoms with Crippen molar-refractivity contribution >= 4 is 29.1 Å². The van der Waals surface area contributed by atoms with Crippen molar-refractivity contribution in [2.24, 2.45) is 0 Å². The second kappa shape index (κ2) is 12.5. The molecule has 0 radical (unpaired) electrons. The van der Waals surface area contributed by atoms with Gasteiger partial charge in [-0.2, -0.15) is 5.26 Å². The molecular weight excluding hydrogens is 579 g/mol. The van der Waals surface area contributed by atoms with E-state index in [1.54, 1.807) is 53.4 Å². The lowest BCUT2D eigenvalue weighted by Gasteiger charge is -2.24. The first-order valence-electron chi connectivity index (χ1n) is 12.9. The summed E-state index contributed by atoms with van der Waals surface area (Å²) in [6.07, 6.45) is 1.54. The second-order valence-corrected chi connectivity index (χ2v) is 10.6. The molecule has 5 aromatic rings. The Morgan fingerprint density at radius 1 is 0.952 bits per heavy atom. The highest BCUT2D eigenvalue weighted by molar-refractivity contribution is 6.35. The molecule has 0 unspecified atom stereocenters. The summed E-state index contributed by atoms with van der Waals surface area (Å²) >= 11 is 12.7. The summed E-state index contributed by atoms with van der Waals surface area (Å²) in [6.45, 7) is 2.14. The van der Waals surface area contributed by atoms with E-state index in [0.717, 1.165) is 28.8 Å². The zero-order valence-electron chi connectivity index (χ0n) is 22.4. The number of benzene rings is 4. The van der Waals surface area contributed by atoms with Crippen molar-refractivity contribution in [3.63, 3.8) is 0 Å². The smallest absolute Gasteiger partial charge is 0.254 e. The van der Waals surface area contributed by atoms with Crippen LogP contribution in [0.25, 0.3) is 11.1 Å². The van der Waals surface area contributed by atoms with Crippen molar-refractivity contribution < 1.29 is 13.6 Å². The van der Waals surface area contributed by atoms with Crippen LogP contribution in [0.4, 0.5) is 8.78 Å². The average molecular weight is 602 g/mol. The molecule has 1 heterocycles. The first-order valence-corrected chi connectivity index (χ1v) is 13.6. The Labute approximate surface area is 251 Å². The highest BCUT2D eigenvalue weighted by atomic mass is 35.5. The number of rotatable bonds is 8. The summed E-state index contributed by atoms with van der Waals surface area (Å²) < 4.78 is 30.2. The van der Waals surface area contributed by atoms with Crippen molar-refractivity contribution in [1.82, 2.24) is 19.7 Å². The van der Waals surface area contributed by atoms with Crippen LogP contribution in [0.2, 0.25) is 10.0 Å². The van der Waals surface area contributed by atoms with Gasteiger partial charge in [0.25, 0.3) is 5.91 Å². The van der Waals surface area contributed by atoms with Crippen LogP contribution < -0.4 is 0 Å². The zero-order valence-corrected chi connectivity index (χ0v) is 23.9. The maximum absolute atomic E-state index is 14.7. The number of hydrogen-bond donors (Lipinski definition) is 0. The Hall–Kier alpha value is -4.58. The summed E-state index contributed by atoms with van der Waals surface area (Å²) in [5, 5.41) is 18.3. The summed E-state index contributed by atoms with van der Waals surface area (Å²) in [5.41, 5.74) is 4.21. The number of aromatic nitrogens is 3. The van der Waals surface area contributed by atoms with Gasteiger partial charge < -0.3 is 9.47 Å². The van der Waals surface area contributed by atoms with Gasteiger partial charge in [-0.1, -0.05) is 47.5 Å². The minimum Gasteiger partial charge on any atom is -0.327 e. The van der Waals surface area contributed by atoms with Crippen LogP contribution >= 0.6 is 23.2 Å². The van der Waals surface area contributed by atoms with Crippen molar-refractivity contribution in [2.75, 3.05) is 0 Å². The highest BCUT2D eigenvalue weighted by Gasteiger charge is 2.22. The van der Waals surface area contributed by atoms with Gasteiger partial charge in [0.1, 0.15) is 18.0 Å². The normalized spacial score (nSPS) is 10.9. The Morgan fingerprint density at radius 2 is 1.74 bits per heavy atom. The Kier molecular flexibility index (Phi) is 8.62. The molecule has 4 aromatic carbocycles. The van der Waals surface area contributed by atoms with Crippen LogP contribution in [0.15, 0.2) is 85.2 Å². The lowest BCUT2D eigenvalue weighted by Crippen LogP contribution is -2.32. The molecule has 6 nitrogen and oxygen atoms in total. The molecule has 0 N–H and O–H groups in total. The Morgan fingerprint density at radius 3 is 2.48 bits per heavy atom. The van der Waals surface area contributed by atoms with E-state index in [9.17, 15) is 13.6 Å². The lowest BCUT2D eigenvalue weighted by molar-refractivity contribution is 0.0722. The van der Waals surface area contributed by atoms with Crippen LogP contribution in [0.5, 0.6) is 0 Å². The first kappa shape index (κ1) is 28.9. The molecule has 0 aliphatic rings. The molecule has 0 aliphatic carbocycles. The van der Waals surface area contributed by atoms with E-state index in [2.05, 4.69) is 16.3 Å². The molecular formula is C32H23Cl2F2N5O. The van der Waals surface area contributed by atoms with Gasteiger partial charge in [0.05, 0.1) is 24.7 Å². The highest BCUT2D eigenvalue weighted by Crippen LogP contribution is 2.33. The van der Waals surface area contributed by atoms with Crippen LogP contribution in [-0.2, 0) is 19.6 Å². The summed E-state index contributed by atoms with van der Waals surface area (Å²) in [5.74, 6) is -1.41. The SMILES string of the molecule is Cc1ccc(C(=O)N(Cc2ccc(F)cc2F)Cc2nncn2Cc2ccc(C#N)cc2)cc1-c1cc(Cl)ccc1Cl. The molecule has 1 amide bonds. The lowest BCUT2D eigenvalue weighted by atomic mass is 9.97. The monoisotopic (exact) mass is 601 g/mol. The van der Waals surface area contributed by atoms with Crippen LogP contribution in [0.1, 0.15) is 38.4 Å². The number of aryl methyl sites for hydroxylation is 1. The molecule has 0 atom stereocenters. The maximum Gasteiger partial charge on any atom is 0.254 e. The number of nitriles is 1. The van der Waals surface area contributed by atoms with Crippen LogP contribution in [0.3, 0.4) is 0 Å². The molecule has 10 heteroatoms. The number of carbonyl (C=O) groups is 1. The molecule has 0 bridgehead atoms. The fraction of sp³-hybridized carbons (Fsp3) is 0.125. The summed E-state index contributed by atoms with van der Waals surface area (Å²) in [7, 11) is 0. The molecule has 42 heavy (non-hydrogen) atoms. The predicted molar refractivity (Wildman–Crippen MR) is 157 cm³/mol. The first-order chi connectivity index (χ1) is 20.2. The average Bonchev–Trinajstić information content (AvgIpc) is 3.41. The van der Waals surface area contributed by atoms with Crippen molar-refractivity contribution in [3.8, 4) is 17.2 Å². The molecule has 210 valence electrons. The summed E-state index contributed by atoms with van der Waals surface area (Å²) in [6, 6.07) is 22.8. The van der Waals surface area contributed by atoms with E-state index in [4.69, 9.17) is 28.5 Å². The molecule has 0 aliphatic heterocycles. The van der Waals surface area contributed by atoms with Gasteiger partial charge in [0.15, 0.2) is 5.82 Å². The van der Waals surface area contributed by atoms with Gasteiger partial charge in [-0.3, -0.25) is 4.79 Å². The third-order valence-electron chi connectivity index (χ3n) is 6.83. The Bertz CT molecular complexity index is 1820. The fourth-order valence-corrected chi connectivity index (χ4v) is 4.96. The van der Waals surface area contributed by atoms with Crippen molar-refractivity contribution in [2.45, 2.75) is 26.6 Å². The molecule has 1 aromatic heterocycles. The quantitative estimate of drug-likeness (QED) is 0.183. The van der Waals surface area contributed by atoms with Gasteiger partial charge >= 0.3 is 0 Å². The van der Waals surface area contributed by atoms with E-state index in [1.807, 2.05) is 25.1 Å². The second-order valence-electron chi connectivity index (χ2n) is 9.73. The molecule has 0 saturated heterocycles. The van der Waals surface area contributed by atoms with E-state index in [0.29, 0.717) is 39.1 Å². The standard InChI is InChI=1S/C32H23Cl2F2N5O/c1-20-2-7-23(12-27(20)28-13-25(33)9-11-29(28)34)32(42)40(17-24-8-10-26(35)14-30(24)36)18-31-39-38-19-41(31)16-22-5-3-21(15-37)4-6-22/h2-14,19H,16-18H2,1H3. The number of amides is 1. The molecule has 0 spiro atoms. The third kappa shape index (κ3) is 6.49. The minimum absolute atomic E-state index is 0.00688. The van der Waals surface area contributed by atoms with Crippen molar-refractivity contribution in [1.29, 1.82) is 5.26 Å². The van der Waals surface area contributed by atoms with Crippen molar-refractivity contribution in [3.05, 3.63) is 141 Å². The largest absolute Gasteiger partial charge is 0.327 e. The minimum atomic E-state index is -0.762. The molecule has 5 rings (SSSR count). The van der Waals surface area contributed by atoms with Gasteiger partial charge in [-0.25, -0.2) is 8.78 Å². The maximum atomic E-state index is 14.7. The topological polar surface area (TPSA) is 74.8 Å². The third-order valence-corrected chi connectivity index (χ3v) is 7.40. The predicted octanol–water partition coefficient (Wildman–Crippen LogP) is 7.60. The van der Waals surface area contributed by atoms with Crippen LogP contribution in [0, 0.1) is 29.9 Å². The van der Waals surface area contributed by atoms with Gasteiger partial charge in [0.2, 0.25) is 0 Å². The van der Waals surface area contributed by atoms with Crippen LogP contribution in [-0.4, -0.2) is 25.6 Å². The van der Waals surface area contributed by atoms with E-state index >= 15 is 0 Å². The number of hydrogen-bond acceptors (Lipinski definition) is 4. The van der Waals surface area contributed by atoms with E-state index in [1.165, 1.54) is 11.0 Å². The van der Waals surface area contributed by atoms with Gasteiger partial charge in [-0.15, -0.1) is 10.2 Å². The molecule has 0 fully saturated rings. The zero-order chi connectivity index (χ0) is 29.8. The number of nitrogens with zero attached hydrogens (tertiary/aromatic N) is 5. The van der Waals surface area contributed by atoms with Gasteiger partial charge in [-0.05, 0) is 72.1 Å². The van der Waals surface area contributed by atoms with Gasteiger partial charge in [0, 0.05) is 39.3 Å². The van der Waals surface area contributed by atoms with E-state index in [-0.39, 0.29) is 18.7 Å². The van der Waals surface area contributed by atoms with E-state index < -0.39 is 17.5 Å².